The Morgan fingerprint density at radius 1 is 0.969 bits per heavy atom. The molecule has 3 aromatic carbocycles. The summed E-state index contributed by atoms with van der Waals surface area (Å²) < 4.78 is 2.11. The van der Waals surface area contributed by atoms with E-state index in [1.807, 2.05) is 48.5 Å². The van der Waals surface area contributed by atoms with Crippen LogP contribution in [0.4, 0.5) is 4.79 Å². The smallest absolute Gasteiger partial charge is 0.290 e. The van der Waals surface area contributed by atoms with Gasteiger partial charge in [0.15, 0.2) is 0 Å². The second-order valence-corrected chi connectivity index (χ2v) is 9.07. The van der Waals surface area contributed by atoms with Crippen molar-refractivity contribution >= 4 is 63.2 Å². The minimum atomic E-state index is -0.373. The summed E-state index contributed by atoms with van der Waals surface area (Å²) in [5.74, 6) is 0.409. The van der Waals surface area contributed by atoms with Crippen molar-refractivity contribution < 1.29 is 9.59 Å². The van der Waals surface area contributed by atoms with E-state index < -0.39 is 0 Å². The molecule has 4 aromatic rings. The number of thioether (sulfide) groups is 1. The van der Waals surface area contributed by atoms with E-state index in [9.17, 15) is 9.59 Å². The van der Waals surface area contributed by atoms with Crippen LogP contribution in [0.3, 0.4) is 0 Å². The van der Waals surface area contributed by atoms with Gasteiger partial charge in [-0.1, -0.05) is 77.8 Å². The van der Waals surface area contributed by atoms with Crippen LogP contribution >= 0.6 is 35.0 Å². The van der Waals surface area contributed by atoms with Crippen molar-refractivity contribution in [1.82, 2.24) is 14.9 Å². The maximum Gasteiger partial charge on any atom is 0.290 e. The van der Waals surface area contributed by atoms with Crippen LogP contribution in [0.1, 0.15) is 11.1 Å². The first-order valence-corrected chi connectivity index (χ1v) is 11.3. The number of imidazole rings is 1. The van der Waals surface area contributed by atoms with Crippen molar-refractivity contribution in [2.75, 3.05) is 0 Å². The first kappa shape index (κ1) is 20.8. The molecule has 0 spiro atoms. The number of hydrogen-bond acceptors (Lipinski definition) is 4. The Balaban J connectivity index is 1.57. The minimum Gasteiger partial charge on any atom is -0.319 e. The molecule has 0 aliphatic carbocycles. The Morgan fingerprint density at radius 2 is 1.69 bits per heavy atom. The molecule has 0 unspecified atom stereocenters. The van der Waals surface area contributed by atoms with E-state index in [-0.39, 0.29) is 11.1 Å². The molecular formula is C24H15Cl2N3O2S. The van der Waals surface area contributed by atoms with Crippen molar-refractivity contribution in [2.45, 2.75) is 6.54 Å². The van der Waals surface area contributed by atoms with E-state index in [0.29, 0.717) is 21.5 Å². The second kappa shape index (κ2) is 8.47. The van der Waals surface area contributed by atoms with Crippen molar-refractivity contribution in [3.63, 3.8) is 0 Å². The van der Waals surface area contributed by atoms with Crippen LogP contribution in [0.25, 0.3) is 28.5 Å². The zero-order valence-electron chi connectivity index (χ0n) is 16.5. The fourth-order valence-corrected chi connectivity index (χ4v) is 4.57. The zero-order chi connectivity index (χ0) is 22.2. The average molecular weight is 480 g/mol. The van der Waals surface area contributed by atoms with Crippen LogP contribution in [-0.2, 0) is 11.3 Å². The Morgan fingerprint density at radius 3 is 2.38 bits per heavy atom. The summed E-state index contributed by atoms with van der Waals surface area (Å²) in [5.41, 5.74) is 4.51. The number of amides is 2. The lowest BCUT2D eigenvalue weighted by Gasteiger charge is -2.10. The Hall–Kier alpha value is -3.06. The largest absolute Gasteiger partial charge is 0.319 e. The lowest BCUT2D eigenvalue weighted by Crippen LogP contribution is -2.17. The van der Waals surface area contributed by atoms with Crippen LogP contribution in [0.2, 0.25) is 10.0 Å². The number of carbonyl (C=O) groups is 2. The molecule has 5 rings (SSSR count). The summed E-state index contributed by atoms with van der Waals surface area (Å²) in [7, 11) is 0. The number of fused-ring (bicyclic) bond motifs is 1. The predicted octanol–water partition coefficient (Wildman–Crippen LogP) is 6.38. The number of carbonyl (C=O) groups excluding carboxylic acids is 2. The van der Waals surface area contributed by atoms with E-state index in [1.165, 1.54) is 0 Å². The number of aromatic nitrogens is 2. The maximum atomic E-state index is 11.8. The highest BCUT2D eigenvalue weighted by atomic mass is 35.5. The Labute approximate surface area is 198 Å². The number of benzene rings is 3. The molecule has 2 heterocycles. The lowest BCUT2D eigenvalue weighted by molar-refractivity contribution is -0.115. The summed E-state index contributed by atoms with van der Waals surface area (Å²) in [4.78, 5) is 28.4. The van der Waals surface area contributed by atoms with E-state index in [0.717, 1.165) is 45.3 Å². The summed E-state index contributed by atoms with van der Waals surface area (Å²) in [5, 5.41) is 2.84. The molecule has 1 aromatic heterocycles. The van der Waals surface area contributed by atoms with Gasteiger partial charge in [-0.2, -0.15) is 0 Å². The number of imide groups is 1. The third kappa shape index (κ3) is 4.05. The fourth-order valence-electron chi connectivity index (χ4n) is 3.57. The minimum absolute atomic E-state index is 0.357. The monoisotopic (exact) mass is 479 g/mol. The number of hydrogen-bond donors (Lipinski definition) is 1. The SMILES string of the molecule is O=C1NC(=O)/C(=C\c2ccc(-c3nc4cc(Cl)c(Cl)cc4n3Cc3ccccc3)cc2)S1. The van der Waals surface area contributed by atoms with Crippen molar-refractivity contribution in [3.05, 3.63) is 92.8 Å². The first-order chi connectivity index (χ1) is 15.5. The molecule has 0 bridgehead atoms. The van der Waals surface area contributed by atoms with Gasteiger partial charge in [0.1, 0.15) is 5.82 Å². The van der Waals surface area contributed by atoms with Gasteiger partial charge in [-0.05, 0) is 41.1 Å². The van der Waals surface area contributed by atoms with Gasteiger partial charge in [0, 0.05) is 12.1 Å². The molecule has 2 amide bonds. The highest BCUT2D eigenvalue weighted by Crippen LogP contribution is 2.32. The zero-order valence-corrected chi connectivity index (χ0v) is 18.8. The summed E-state index contributed by atoms with van der Waals surface area (Å²) in [6, 6.07) is 21.4. The fraction of sp³-hybridized carbons (Fsp3) is 0.0417. The lowest BCUT2D eigenvalue weighted by atomic mass is 10.1. The number of halogens is 2. The van der Waals surface area contributed by atoms with Gasteiger partial charge in [-0.15, -0.1) is 0 Å². The van der Waals surface area contributed by atoms with Crippen molar-refractivity contribution in [2.24, 2.45) is 0 Å². The molecule has 0 saturated carbocycles. The van der Waals surface area contributed by atoms with Gasteiger partial charge < -0.3 is 4.57 Å². The summed E-state index contributed by atoms with van der Waals surface area (Å²) >= 11 is 13.4. The molecule has 1 fully saturated rings. The molecule has 1 aliphatic heterocycles. The van der Waals surface area contributed by atoms with Crippen LogP contribution in [-0.4, -0.2) is 20.7 Å². The first-order valence-electron chi connectivity index (χ1n) is 9.72. The molecule has 158 valence electrons. The predicted molar refractivity (Wildman–Crippen MR) is 130 cm³/mol. The molecule has 0 atom stereocenters. The van der Waals surface area contributed by atoms with Gasteiger partial charge in [0.25, 0.3) is 11.1 Å². The maximum absolute atomic E-state index is 11.8. The molecular weight excluding hydrogens is 465 g/mol. The van der Waals surface area contributed by atoms with Gasteiger partial charge in [0.05, 0.1) is 26.0 Å². The van der Waals surface area contributed by atoms with Crippen LogP contribution in [0, 0.1) is 0 Å². The highest BCUT2D eigenvalue weighted by Gasteiger charge is 2.25. The van der Waals surface area contributed by atoms with E-state index in [2.05, 4.69) is 22.0 Å². The van der Waals surface area contributed by atoms with Crippen molar-refractivity contribution in [1.29, 1.82) is 0 Å². The number of rotatable bonds is 4. The number of nitrogens with one attached hydrogen (secondary N) is 1. The Bertz CT molecular complexity index is 1400. The summed E-state index contributed by atoms with van der Waals surface area (Å²) in [6.07, 6.45) is 1.70. The third-order valence-corrected chi connectivity index (χ3v) is 6.62. The molecule has 1 aliphatic rings. The molecule has 1 N–H and O–H groups in total. The van der Waals surface area contributed by atoms with Gasteiger partial charge in [0.2, 0.25) is 0 Å². The molecule has 5 nitrogen and oxygen atoms in total. The summed E-state index contributed by atoms with van der Waals surface area (Å²) in [6.45, 7) is 0.620. The van der Waals surface area contributed by atoms with Crippen molar-refractivity contribution in [3.8, 4) is 11.4 Å². The van der Waals surface area contributed by atoms with Gasteiger partial charge in [-0.25, -0.2) is 4.98 Å². The number of nitrogens with zero attached hydrogens (tertiary/aromatic N) is 2. The highest BCUT2D eigenvalue weighted by molar-refractivity contribution is 8.18. The molecule has 1 saturated heterocycles. The van der Waals surface area contributed by atoms with Crippen LogP contribution < -0.4 is 5.32 Å². The normalized spacial score (nSPS) is 15.0. The standard InChI is InChI=1S/C24H15Cl2N3O2S/c25-17-11-19-20(12-18(17)26)29(13-15-4-2-1-3-5-15)22(27-19)16-8-6-14(7-9-16)10-21-23(30)28-24(31)32-21/h1-12H,13H2,(H,28,30,31)/b21-10+. The van der Waals surface area contributed by atoms with E-state index in [1.54, 1.807) is 12.1 Å². The molecule has 32 heavy (non-hydrogen) atoms. The third-order valence-electron chi connectivity index (χ3n) is 5.08. The quantitative estimate of drug-likeness (QED) is 0.344. The second-order valence-electron chi connectivity index (χ2n) is 7.24. The van der Waals surface area contributed by atoms with Gasteiger partial charge >= 0.3 is 0 Å². The van der Waals surface area contributed by atoms with Crippen LogP contribution in [0.5, 0.6) is 0 Å². The Kier molecular flexibility index (Phi) is 5.51. The van der Waals surface area contributed by atoms with Crippen LogP contribution in [0.15, 0.2) is 71.6 Å². The average Bonchev–Trinajstić information content (AvgIpc) is 3.28. The molecule has 0 radical (unpaired) electrons. The molecule has 8 heteroatoms. The van der Waals surface area contributed by atoms with E-state index in [4.69, 9.17) is 28.2 Å². The topological polar surface area (TPSA) is 64.0 Å². The van der Waals surface area contributed by atoms with Gasteiger partial charge in [-0.3, -0.25) is 14.9 Å². The van der Waals surface area contributed by atoms with E-state index >= 15 is 0 Å².